The first-order chi connectivity index (χ1) is 5.92. The number of hydrogen-bond donors (Lipinski definition) is 0. The molecule has 2 nitrogen and oxygen atoms in total. The molecule has 1 heterocycles. The van der Waals surface area contributed by atoms with Crippen LogP contribution in [0.2, 0.25) is 0 Å². The van der Waals surface area contributed by atoms with Crippen molar-refractivity contribution in [2.75, 3.05) is 0 Å². The van der Waals surface area contributed by atoms with E-state index in [-0.39, 0.29) is 0 Å². The minimum Gasteiger partial charge on any atom is -0.299 e. The fourth-order valence-electron chi connectivity index (χ4n) is 1.25. The molecule has 0 spiro atoms. The molecular formula is C10H7NO. The van der Waals surface area contributed by atoms with Gasteiger partial charge in [-0.1, -0.05) is 18.2 Å². The van der Waals surface area contributed by atoms with Crippen LogP contribution in [0, 0.1) is 0 Å². The van der Waals surface area contributed by atoms with Crippen LogP contribution in [0.4, 0.5) is 5.69 Å². The van der Waals surface area contributed by atoms with Crippen molar-refractivity contribution in [3.8, 4) is 0 Å². The second kappa shape index (κ2) is 2.74. The molecule has 0 N–H and O–H groups in total. The number of nitrogens with zero attached hydrogens (tertiary/aromatic N) is 1. The molecule has 2 rings (SSSR count). The Labute approximate surface area is 70.3 Å². The summed E-state index contributed by atoms with van der Waals surface area (Å²) in [6.45, 7) is 0. The highest BCUT2D eigenvalue weighted by molar-refractivity contribution is 6.18. The van der Waals surface area contributed by atoms with Gasteiger partial charge in [0.2, 0.25) is 0 Å². The number of rotatable bonds is 1. The standard InChI is InChI=1S/C10H7NO/c12-6-5-8-7-11-10-4-2-1-3-9(8)10/h1-7H/b8-5+. The first kappa shape index (κ1) is 6.98. The van der Waals surface area contributed by atoms with Crippen LogP contribution in [0.15, 0.2) is 35.3 Å². The van der Waals surface area contributed by atoms with Crippen molar-refractivity contribution in [1.82, 2.24) is 0 Å². The lowest BCUT2D eigenvalue weighted by molar-refractivity contribution is -0.104. The fraction of sp³-hybridized carbons (Fsp3) is 0. The second-order valence-corrected chi connectivity index (χ2v) is 2.53. The number of allylic oxidation sites excluding steroid dienone is 2. The van der Waals surface area contributed by atoms with Crippen molar-refractivity contribution in [3.63, 3.8) is 0 Å². The minimum absolute atomic E-state index is 0.781. The zero-order chi connectivity index (χ0) is 8.39. The molecule has 0 unspecified atom stereocenters. The maximum absolute atomic E-state index is 10.2. The summed E-state index contributed by atoms with van der Waals surface area (Å²) in [6, 6.07) is 7.75. The molecule has 0 amide bonds. The van der Waals surface area contributed by atoms with Gasteiger partial charge < -0.3 is 0 Å². The Hall–Kier alpha value is -1.70. The quantitative estimate of drug-likeness (QED) is 0.452. The molecule has 2 heteroatoms. The van der Waals surface area contributed by atoms with E-state index in [1.807, 2.05) is 24.3 Å². The van der Waals surface area contributed by atoms with Gasteiger partial charge in [-0.05, 0) is 12.1 Å². The van der Waals surface area contributed by atoms with Crippen LogP contribution >= 0.6 is 0 Å². The highest BCUT2D eigenvalue weighted by atomic mass is 16.1. The number of carbonyl (C=O) groups excluding carboxylic acids is 1. The van der Waals surface area contributed by atoms with E-state index in [1.165, 1.54) is 6.08 Å². The predicted octanol–water partition coefficient (Wildman–Crippen LogP) is 1.98. The van der Waals surface area contributed by atoms with Crippen LogP contribution in [-0.2, 0) is 4.79 Å². The molecule has 1 aliphatic heterocycles. The second-order valence-electron chi connectivity index (χ2n) is 2.53. The lowest BCUT2D eigenvalue weighted by Gasteiger charge is -1.95. The topological polar surface area (TPSA) is 29.4 Å². The first-order valence-electron chi connectivity index (χ1n) is 3.71. The molecule has 1 aromatic carbocycles. The summed E-state index contributed by atoms with van der Waals surface area (Å²) in [7, 11) is 0. The maximum Gasteiger partial charge on any atom is 0.143 e. The molecule has 0 atom stereocenters. The van der Waals surface area contributed by atoms with Gasteiger partial charge >= 0.3 is 0 Å². The van der Waals surface area contributed by atoms with Crippen molar-refractivity contribution in [2.24, 2.45) is 4.99 Å². The van der Waals surface area contributed by atoms with E-state index in [0.717, 1.165) is 23.1 Å². The molecule has 0 aromatic heterocycles. The van der Waals surface area contributed by atoms with E-state index >= 15 is 0 Å². The normalized spacial score (nSPS) is 16.5. The Morgan fingerprint density at radius 1 is 1.25 bits per heavy atom. The Bertz CT molecular complexity index is 377. The maximum atomic E-state index is 10.2. The van der Waals surface area contributed by atoms with E-state index < -0.39 is 0 Å². The summed E-state index contributed by atoms with van der Waals surface area (Å²) < 4.78 is 0. The van der Waals surface area contributed by atoms with Gasteiger partial charge in [-0.3, -0.25) is 9.79 Å². The number of aliphatic imine (C=N–C) groups is 1. The molecule has 0 bridgehead atoms. The zero-order valence-corrected chi connectivity index (χ0v) is 6.40. The van der Waals surface area contributed by atoms with Crippen molar-refractivity contribution in [1.29, 1.82) is 0 Å². The third-order valence-corrected chi connectivity index (χ3v) is 1.81. The lowest BCUT2D eigenvalue weighted by Crippen LogP contribution is -1.79. The summed E-state index contributed by atoms with van der Waals surface area (Å²) in [6.07, 6.45) is 4.01. The molecule has 1 aliphatic rings. The average Bonchev–Trinajstić information content (AvgIpc) is 2.50. The minimum atomic E-state index is 0.781. The van der Waals surface area contributed by atoms with Gasteiger partial charge in [0.15, 0.2) is 0 Å². The van der Waals surface area contributed by atoms with E-state index in [9.17, 15) is 4.79 Å². The van der Waals surface area contributed by atoms with Gasteiger partial charge in [0.05, 0.1) is 5.69 Å². The van der Waals surface area contributed by atoms with Crippen LogP contribution in [0.5, 0.6) is 0 Å². The van der Waals surface area contributed by atoms with E-state index in [1.54, 1.807) is 6.21 Å². The van der Waals surface area contributed by atoms with Crippen molar-refractivity contribution < 1.29 is 4.79 Å². The van der Waals surface area contributed by atoms with Gasteiger partial charge in [0.1, 0.15) is 6.29 Å². The van der Waals surface area contributed by atoms with Crippen molar-refractivity contribution in [3.05, 3.63) is 35.9 Å². The van der Waals surface area contributed by atoms with Crippen LogP contribution < -0.4 is 0 Å². The molecule has 58 valence electrons. The molecule has 0 aliphatic carbocycles. The summed E-state index contributed by atoms with van der Waals surface area (Å²) in [4.78, 5) is 14.4. The fourth-order valence-corrected chi connectivity index (χ4v) is 1.25. The van der Waals surface area contributed by atoms with Crippen LogP contribution in [0.1, 0.15) is 5.56 Å². The van der Waals surface area contributed by atoms with Crippen molar-refractivity contribution in [2.45, 2.75) is 0 Å². The van der Waals surface area contributed by atoms with Gasteiger partial charge in [0, 0.05) is 17.4 Å². The largest absolute Gasteiger partial charge is 0.299 e. The zero-order valence-electron chi connectivity index (χ0n) is 6.40. The number of fused-ring (bicyclic) bond motifs is 1. The van der Waals surface area contributed by atoms with E-state index in [0.29, 0.717) is 0 Å². The van der Waals surface area contributed by atoms with Gasteiger partial charge in [0.25, 0.3) is 0 Å². The van der Waals surface area contributed by atoms with Crippen LogP contribution in [-0.4, -0.2) is 12.5 Å². The third-order valence-electron chi connectivity index (χ3n) is 1.81. The number of carbonyl (C=O) groups is 1. The molecule has 0 radical (unpaired) electrons. The smallest absolute Gasteiger partial charge is 0.143 e. The number of aldehydes is 1. The highest BCUT2D eigenvalue weighted by Gasteiger charge is 2.09. The molecule has 0 saturated heterocycles. The molecular weight excluding hydrogens is 150 g/mol. The predicted molar refractivity (Wildman–Crippen MR) is 48.6 cm³/mol. The number of benzene rings is 1. The number of hydrogen-bond acceptors (Lipinski definition) is 2. The van der Waals surface area contributed by atoms with Gasteiger partial charge in [-0.2, -0.15) is 0 Å². The van der Waals surface area contributed by atoms with Gasteiger partial charge in [-0.15, -0.1) is 0 Å². The van der Waals surface area contributed by atoms with E-state index in [2.05, 4.69) is 4.99 Å². The molecule has 0 fully saturated rings. The Balaban J connectivity index is 2.56. The van der Waals surface area contributed by atoms with Crippen LogP contribution in [0.3, 0.4) is 0 Å². The summed E-state index contributed by atoms with van der Waals surface area (Å²) in [5.74, 6) is 0. The number of para-hydroxylation sites is 1. The SMILES string of the molecule is O=C/C=C1\C=Nc2ccccc21. The Morgan fingerprint density at radius 3 is 2.92 bits per heavy atom. The van der Waals surface area contributed by atoms with Crippen molar-refractivity contribution >= 4 is 23.8 Å². The average molecular weight is 157 g/mol. The molecule has 0 saturated carbocycles. The van der Waals surface area contributed by atoms with Crippen LogP contribution in [0.25, 0.3) is 5.57 Å². The van der Waals surface area contributed by atoms with E-state index in [4.69, 9.17) is 0 Å². The van der Waals surface area contributed by atoms with Gasteiger partial charge in [-0.25, -0.2) is 0 Å². The molecule has 12 heavy (non-hydrogen) atoms. The summed E-state index contributed by atoms with van der Waals surface area (Å²) >= 11 is 0. The third kappa shape index (κ3) is 0.975. The lowest BCUT2D eigenvalue weighted by atomic mass is 10.1. The monoisotopic (exact) mass is 157 g/mol. The summed E-state index contributed by atoms with van der Waals surface area (Å²) in [5, 5.41) is 0. The highest BCUT2D eigenvalue weighted by Crippen LogP contribution is 2.30. The molecule has 1 aromatic rings. The Kier molecular flexibility index (Phi) is 1.59. The first-order valence-corrected chi connectivity index (χ1v) is 3.71. The Morgan fingerprint density at radius 2 is 2.08 bits per heavy atom. The summed E-state index contributed by atoms with van der Waals surface area (Å²) in [5.41, 5.74) is 2.86.